The van der Waals surface area contributed by atoms with Crippen molar-refractivity contribution in [1.82, 2.24) is 10.2 Å². The van der Waals surface area contributed by atoms with Crippen molar-refractivity contribution in [3.63, 3.8) is 0 Å². The number of fused-ring (bicyclic) bond motifs is 1. The van der Waals surface area contributed by atoms with E-state index in [4.69, 9.17) is 18.6 Å². The Bertz CT molecular complexity index is 1670. The summed E-state index contributed by atoms with van der Waals surface area (Å²) in [5.41, 5.74) is -0.172. The molecule has 1 saturated heterocycles. The second kappa shape index (κ2) is 14.5. The molecule has 4 atom stereocenters. The van der Waals surface area contributed by atoms with Crippen molar-refractivity contribution in [1.29, 1.82) is 0 Å². The summed E-state index contributed by atoms with van der Waals surface area (Å²) in [6.45, 7) is 0.253. The number of carbonyl (C=O) groups is 3. The number of hydrogen-bond donors (Lipinski definition) is 3. The predicted octanol–water partition coefficient (Wildman–Crippen LogP) is 2.46. The zero-order valence-electron chi connectivity index (χ0n) is 24.4. The van der Waals surface area contributed by atoms with Gasteiger partial charge in [-0.2, -0.15) is 0 Å². The number of methoxy groups -OCH3 is 1. The summed E-state index contributed by atoms with van der Waals surface area (Å²) in [5, 5.41) is 24.3. The van der Waals surface area contributed by atoms with Crippen molar-refractivity contribution in [2.45, 2.75) is 43.6 Å². The predicted molar refractivity (Wildman–Crippen MR) is 171 cm³/mol. The molecular weight excluding hydrogens is 699 g/mol. The Kier molecular flexibility index (Phi) is 10.5. The highest BCUT2D eigenvalue weighted by molar-refractivity contribution is 14.1. The second-order valence-corrected chi connectivity index (χ2v) is 11.9. The van der Waals surface area contributed by atoms with E-state index in [9.17, 15) is 29.4 Å². The molecule has 2 aromatic carbocycles. The van der Waals surface area contributed by atoms with Crippen LogP contribution in [0, 0.1) is 3.57 Å². The van der Waals surface area contributed by atoms with E-state index in [-0.39, 0.29) is 54.9 Å². The number of nitrogens with one attached hydrogen (secondary N) is 1. The first kappa shape index (κ1) is 32.6. The van der Waals surface area contributed by atoms with Gasteiger partial charge in [-0.3, -0.25) is 14.4 Å². The first-order chi connectivity index (χ1) is 21.7. The smallest absolute Gasteiger partial charge is 0.349 e. The number of benzene rings is 2. The number of aldehydes is 1. The zero-order valence-corrected chi connectivity index (χ0v) is 26.6. The molecule has 45 heavy (non-hydrogen) atoms. The molecule has 1 fully saturated rings. The van der Waals surface area contributed by atoms with Crippen LogP contribution in [0.5, 0.6) is 11.5 Å². The van der Waals surface area contributed by atoms with Gasteiger partial charge in [0, 0.05) is 42.6 Å². The van der Waals surface area contributed by atoms with Crippen LogP contribution in [0.3, 0.4) is 0 Å². The van der Waals surface area contributed by atoms with Crippen molar-refractivity contribution in [3.05, 3.63) is 79.2 Å². The van der Waals surface area contributed by atoms with Crippen LogP contribution in [0.25, 0.3) is 11.0 Å². The maximum absolute atomic E-state index is 14.2. The third-order valence-electron chi connectivity index (χ3n) is 7.81. The van der Waals surface area contributed by atoms with E-state index in [1.54, 1.807) is 30.3 Å². The van der Waals surface area contributed by atoms with Crippen LogP contribution in [0.1, 0.15) is 40.0 Å². The summed E-state index contributed by atoms with van der Waals surface area (Å²) in [6.07, 6.45) is 0.623. The lowest BCUT2D eigenvalue weighted by molar-refractivity contribution is -0.118. The van der Waals surface area contributed by atoms with Crippen LogP contribution < -0.4 is 20.4 Å². The van der Waals surface area contributed by atoms with E-state index in [0.717, 1.165) is 6.42 Å². The van der Waals surface area contributed by atoms with Crippen molar-refractivity contribution in [3.8, 4) is 11.5 Å². The van der Waals surface area contributed by atoms with Crippen LogP contribution in [0.2, 0.25) is 0 Å². The van der Waals surface area contributed by atoms with Gasteiger partial charge < -0.3 is 39.1 Å². The van der Waals surface area contributed by atoms with E-state index in [2.05, 4.69) is 5.32 Å². The van der Waals surface area contributed by atoms with Crippen molar-refractivity contribution in [2.24, 2.45) is 0 Å². The lowest BCUT2D eigenvalue weighted by Crippen LogP contribution is -2.57. The zero-order chi connectivity index (χ0) is 32.1. The molecule has 3 N–H and O–H groups in total. The minimum Gasteiger partial charge on any atom is -0.493 e. The maximum atomic E-state index is 14.2. The fraction of sp³-hybridized carbons (Fsp3) is 0.375. The molecule has 12 nitrogen and oxygen atoms in total. The van der Waals surface area contributed by atoms with Gasteiger partial charge in [0.1, 0.15) is 29.6 Å². The molecule has 0 spiro atoms. The van der Waals surface area contributed by atoms with Gasteiger partial charge >= 0.3 is 5.63 Å². The summed E-state index contributed by atoms with van der Waals surface area (Å²) in [4.78, 5) is 53.3. The largest absolute Gasteiger partial charge is 0.493 e. The first-order valence-electron chi connectivity index (χ1n) is 14.5. The quantitative estimate of drug-likeness (QED) is 0.152. The second-order valence-electron chi connectivity index (χ2n) is 10.7. The van der Waals surface area contributed by atoms with E-state index in [0.29, 0.717) is 39.4 Å². The van der Waals surface area contributed by atoms with Gasteiger partial charge in [-0.05, 0) is 65.8 Å². The molecule has 13 heteroatoms. The highest BCUT2D eigenvalue weighted by Crippen LogP contribution is 2.37. The average Bonchev–Trinajstić information content (AvgIpc) is 3.57. The Morgan fingerprint density at radius 2 is 2.02 bits per heavy atom. The summed E-state index contributed by atoms with van der Waals surface area (Å²) in [7, 11) is 1.41. The topological polar surface area (TPSA) is 165 Å². The van der Waals surface area contributed by atoms with Gasteiger partial charge in [-0.15, -0.1) is 0 Å². The van der Waals surface area contributed by atoms with E-state index < -0.39 is 35.7 Å². The van der Waals surface area contributed by atoms with Crippen LogP contribution in [0.15, 0.2) is 63.3 Å². The van der Waals surface area contributed by atoms with Crippen molar-refractivity contribution in [2.75, 3.05) is 33.4 Å². The molecule has 1 aliphatic carbocycles. The molecular formula is C32H33IN2O10. The average molecular weight is 733 g/mol. The molecule has 3 aromatic rings. The van der Waals surface area contributed by atoms with Crippen molar-refractivity contribution >= 4 is 51.7 Å². The Labute approximate surface area is 272 Å². The number of ether oxygens (including phenoxy) is 3. The Hall–Kier alpha value is -3.79. The summed E-state index contributed by atoms with van der Waals surface area (Å²) < 4.78 is 23.5. The van der Waals surface area contributed by atoms with E-state index in [1.807, 2.05) is 22.6 Å². The summed E-state index contributed by atoms with van der Waals surface area (Å²) in [6, 6.07) is 10.3. The van der Waals surface area contributed by atoms with Crippen LogP contribution in [0.4, 0.5) is 0 Å². The molecule has 0 saturated carbocycles. The minimum absolute atomic E-state index is 0.00943. The fourth-order valence-corrected chi connectivity index (χ4v) is 6.33. The van der Waals surface area contributed by atoms with Crippen LogP contribution in [-0.2, 0) is 9.53 Å². The molecule has 0 unspecified atom stereocenters. The molecule has 5 rings (SSSR count). The lowest BCUT2D eigenvalue weighted by Gasteiger charge is -2.41. The number of nitrogens with zero attached hydrogens (tertiary/aromatic N) is 1. The fourth-order valence-electron chi connectivity index (χ4n) is 5.58. The van der Waals surface area contributed by atoms with Gasteiger partial charge in [-0.25, -0.2) is 4.79 Å². The molecule has 0 bridgehead atoms. The van der Waals surface area contributed by atoms with Gasteiger partial charge in [0.15, 0.2) is 11.5 Å². The van der Waals surface area contributed by atoms with Gasteiger partial charge in [0.25, 0.3) is 5.91 Å². The van der Waals surface area contributed by atoms with Crippen LogP contribution in [-0.4, -0.2) is 91.0 Å². The molecule has 2 heterocycles. The molecule has 2 aliphatic rings. The monoisotopic (exact) mass is 732 g/mol. The summed E-state index contributed by atoms with van der Waals surface area (Å²) in [5.74, 6) is -0.736. The Balaban J connectivity index is 1.56. The molecule has 238 valence electrons. The Morgan fingerprint density at radius 3 is 2.73 bits per heavy atom. The third-order valence-corrected chi connectivity index (χ3v) is 8.61. The number of carbonyl (C=O) groups excluding carboxylic acids is 3. The van der Waals surface area contributed by atoms with E-state index >= 15 is 0 Å². The van der Waals surface area contributed by atoms with Crippen LogP contribution >= 0.6 is 22.6 Å². The number of halogens is 1. The number of aliphatic hydroxyl groups is 2. The highest BCUT2D eigenvalue weighted by atomic mass is 127. The number of hydrogen-bond acceptors (Lipinski definition) is 10. The highest BCUT2D eigenvalue weighted by Gasteiger charge is 2.42. The number of para-hydroxylation sites is 1. The minimum atomic E-state index is -1.37. The standard InChI is InChI=1S/C32H33IN2O10/c1-42-27-12-18(17-37)11-23(33)29(27)44-26-15-20(30(39)34-8-9-36)14-24(28(26)38)35(16-21-6-4-10-43-21)31(40)22-13-19-5-2-3-7-25(19)45-32(22)41/h2-3,5,7,11-13,15,17,21,24,26,28,36,38H,4,6,8-10,14,16H2,1H3,(H,34,39)/t21-,24-,26+,28+/m1/s1. The molecule has 1 aliphatic heterocycles. The number of aliphatic hydroxyl groups excluding tert-OH is 2. The maximum Gasteiger partial charge on any atom is 0.349 e. The number of rotatable bonds is 11. The number of amides is 2. The summed E-state index contributed by atoms with van der Waals surface area (Å²) >= 11 is 1.98. The van der Waals surface area contributed by atoms with Gasteiger partial charge in [0.05, 0.1) is 29.4 Å². The Morgan fingerprint density at radius 1 is 1.22 bits per heavy atom. The third kappa shape index (κ3) is 7.21. The molecule has 2 amide bonds. The van der Waals surface area contributed by atoms with E-state index in [1.165, 1.54) is 30.2 Å². The first-order valence-corrected chi connectivity index (χ1v) is 15.5. The normalized spacial score (nSPS) is 21.2. The molecule has 1 aromatic heterocycles. The lowest BCUT2D eigenvalue weighted by atomic mass is 9.87. The van der Waals surface area contributed by atoms with Crippen molar-refractivity contribution < 1.29 is 43.2 Å². The van der Waals surface area contributed by atoms with Gasteiger partial charge in [-0.1, -0.05) is 18.2 Å². The molecule has 0 radical (unpaired) electrons. The SMILES string of the molecule is COc1cc(C=O)cc(I)c1O[C@H]1C=C(C(=O)NCCO)C[C@@H](N(C[C@H]2CCCO2)C(=O)c2cc3ccccc3oc2=O)[C@@H]1O. The van der Waals surface area contributed by atoms with Gasteiger partial charge in [0.2, 0.25) is 5.91 Å².